The zero-order valence-corrected chi connectivity index (χ0v) is 12.1. The molecule has 112 valence electrons. The van der Waals surface area contributed by atoms with Crippen LogP contribution in [0.5, 0.6) is 0 Å². The van der Waals surface area contributed by atoms with Crippen molar-refractivity contribution >= 4 is 16.6 Å². The smallest absolute Gasteiger partial charge is 0.271 e. The monoisotopic (exact) mass is 290 g/mol. The number of rotatable bonds is 3. The van der Waals surface area contributed by atoms with Crippen LogP contribution in [0, 0.1) is 10.1 Å². The maximum absolute atomic E-state index is 10.9. The molecule has 0 N–H and O–H groups in total. The van der Waals surface area contributed by atoms with E-state index in [1.807, 2.05) is 11.6 Å². The summed E-state index contributed by atoms with van der Waals surface area (Å²) in [6.45, 7) is 6.29. The predicted molar refractivity (Wildman–Crippen MR) is 78.0 cm³/mol. The first kappa shape index (κ1) is 14.0. The van der Waals surface area contributed by atoms with Crippen LogP contribution >= 0.6 is 0 Å². The molecule has 0 bridgehead atoms. The summed E-state index contributed by atoms with van der Waals surface area (Å²) in [6.07, 6.45) is 1.94. The molecular weight excluding hydrogens is 272 g/mol. The summed E-state index contributed by atoms with van der Waals surface area (Å²) < 4.78 is 7.43. The zero-order valence-electron chi connectivity index (χ0n) is 12.1. The van der Waals surface area contributed by atoms with Crippen LogP contribution in [0.4, 0.5) is 5.69 Å². The maximum Gasteiger partial charge on any atom is 0.271 e. The Morgan fingerprint density at radius 1 is 1.48 bits per heavy atom. The Kier molecular flexibility index (Phi) is 3.60. The number of non-ortho nitro benzene ring substituents is 1. The molecule has 7 nitrogen and oxygen atoms in total. The first-order valence-corrected chi connectivity index (χ1v) is 7.00. The minimum atomic E-state index is -0.379. The predicted octanol–water partition coefficient (Wildman–Crippen LogP) is 2.01. The number of hydrogen-bond donors (Lipinski definition) is 0. The van der Waals surface area contributed by atoms with E-state index in [1.165, 1.54) is 6.07 Å². The molecule has 2 unspecified atom stereocenters. The summed E-state index contributed by atoms with van der Waals surface area (Å²) in [5.41, 5.74) is 0.878. The standard InChI is InChI=1S/C14H18N4O3/c1-10-8-21-11(2)7-16(10)9-17-14-5-13(18(19)20)4-3-12(14)6-15-17/h3-6,10-11H,7-9H2,1-2H3. The van der Waals surface area contributed by atoms with Gasteiger partial charge in [-0.15, -0.1) is 0 Å². The van der Waals surface area contributed by atoms with E-state index in [1.54, 1.807) is 18.3 Å². The Bertz CT molecular complexity index is 669. The van der Waals surface area contributed by atoms with Gasteiger partial charge in [-0.25, -0.2) is 0 Å². The van der Waals surface area contributed by atoms with Crippen molar-refractivity contribution in [1.82, 2.24) is 14.7 Å². The molecule has 2 heterocycles. The van der Waals surface area contributed by atoms with E-state index in [-0.39, 0.29) is 16.7 Å². The Morgan fingerprint density at radius 3 is 3.05 bits per heavy atom. The van der Waals surface area contributed by atoms with Crippen molar-refractivity contribution in [3.8, 4) is 0 Å². The minimum absolute atomic E-state index is 0.0904. The molecule has 1 aromatic carbocycles. The van der Waals surface area contributed by atoms with E-state index in [2.05, 4.69) is 16.9 Å². The normalized spacial score (nSPS) is 23.5. The van der Waals surface area contributed by atoms with Gasteiger partial charge in [-0.3, -0.25) is 19.7 Å². The quantitative estimate of drug-likeness (QED) is 0.638. The Labute approximate surface area is 122 Å². The highest BCUT2D eigenvalue weighted by Gasteiger charge is 2.24. The van der Waals surface area contributed by atoms with Gasteiger partial charge in [0.1, 0.15) is 0 Å². The molecule has 2 atom stereocenters. The lowest BCUT2D eigenvalue weighted by molar-refractivity contribution is -0.384. The summed E-state index contributed by atoms with van der Waals surface area (Å²) >= 11 is 0. The first-order chi connectivity index (χ1) is 10.0. The highest BCUT2D eigenvalue weighted by atomic mass is 16.6. The number of nitrogens with zero attached hydrogens (tertiary/aromatic N) is 4. The highest BCUT2D eigenvalue weighted by Crippen LogP contribution is 2.22. The van der Waals surface area contributed by atoms with Crippen molar-refractivity contribution in [2.24, 2.45) is 0 Å². The topological polar surface area (TPSA) is 73.4 Å². The fourth-order valence-electron chi connectivity index (χ4n) is 2.63. The van der Waals surface area contributed by atoms with Gasteiger partial charge in [0.05, 0.1) is 36.0 Å². The molecule has 2 aromatic rings. The Morgan fingerprint density at radius 2 is 2.29 bits per heavy atom. The number of hydrogen-bond acceptors (Lipinski definition) is 5. The van der Waals surface area contributed by atoms with E-state index < -0.39 is 0 Å². The zero-order chi connectivity index (χ0) is 15.0. The third kappa shape index (κ3) is 2.74. The number of nitro benzene ring substituents is 1. The van der Waals surface area contributed by atoms with Crippen molar-refractivity contribution in [2.75, 3.05) is 13.2 Å². The van der Waals surface area contributed by atoms with Crippen molar-refractivity contribution in [3.05, 3.63) is 34.5 Å². The van der Waals surface area contributed by atoms with Gasteiger partial charge in [0, 0.05) is 30.1 Å². The average Bonchev–Trinajstić information content (AvgIpc) is 2.85. The number of nitro groups is 1. The SMILES string of the molecule is CC1CN(Cn2ncc3ccc([N+](=O)[O-])cc32)C(C)CO1. The molecule has 1 saturated heterocycles. The number of benzene rings is 1. The molecule has 1 aliphatic heterocycles. The van der Waals surface area contributed by atoms with Gasteiger partial charge >= 0.3 is 0 Å². The van der Waals surface area contributed by atoms with E-state index in [4.69, 9.17) is 4.74 Å². The number of aromatic nitrogens is 2. The van der Waals surface area contributed by atoms with Gasteiger partial charge < -0.3 is 4.74 Å². The lowest BCUT2D eigenvalue weighted by Gasteiger charge is -2.36. The molecular formula is C14H18N4O3. The van der Waals surface area contributed by atoms with E-state index >= 15 is 0 Å². The second-order valence-electron chi connectivity index (χ2n) is 5.55. The van der Waals surface area contributed by atoms with Crippen molar-refractivity contribution < 1.29 is 9.66 Å². The fraction of sp³-hybridized carbons (Fsp3) is 0.500. The third-order valence-electron chi connectivity index (χ3n) is 3.89. The largest absolute Gasteiger partial charge is 0.376 e. The van der Waals surface area contributed by atoms with Gasteiger partial charge in [-0.2, -0.15) is 5.10 Å². The first-order valence-electron chi connectivity index (χ1n) is 7.00. The van der Waals surface area contributed by atoms with Crippen LogP contribution < -0.4 is 0 Å². The molecule has 0 aliphatic carbocycles. The number of fused-ring (bicyclic) bond motifs is 1. The lowest BCUT2D eigenvalue weighted by Crippen LogP contribution is -2.47. The highest BCUT2D eigenvalue weighted by molar-refractivity contribution is 5.80. The van der Waals surface area contributed by atoms with Gasteiger partial charge in [0.2, 0.25) is 0 Å². The van der Waals surface area contributed by atoms with Crippen LogP contribution in [-0.2, 0) is 11.4 Å². The second kappa shape index (κ2) is 5.42. The van der Waals surface area contributed by atoms with Crippen LogP contribution in [0.1, 0.15) is 13.8 Å². The van der Waals surface area contributed by atoms with Crippen molar-refractivity contribution in [1.29, 1.82) is 0 Å². The maximum atomic E-state index is 10.9. The molecule has 0 radical (unpaired) electrons. The Balaban J connectivity index is 1.89. The van der Waals surface area contributed by atoms with Gasteiger partial charge in [-0.05, 0) is 19.9 Å². The van der Waals surface area contributed by atoms with Crippen LogP contribution in [0.15, 0.2) is 24.4 Å². The molecule has 0 spiro atoms. The van der Waals surface area contributed by atoms with Crippen LogP contribution in [0.25, 0.3) is 10.9 Å². The number of morpholine rings is 1. The summed E-state index contributed by atoms with van der Waals surface area (Å²) in [5.74, 6) is 0. The molecule has 7 heteroatoms. The molecule has 1 aromatic heterocycles. The molecule has 0 amide bonds. The molecule has 1 fully saturated rings. The van der Waals surface area contributed by atoms with Crippen molar-refractivity contribution in [3.63, 3.8) is 0 Å². The molecule has 21 heavy (non-hydrogen) atoms. The lowest BCUT2D eigenvalue weighted by atomic mass is 10.2. The second-order valence-corrected chi connectivity index (χ2v) is 5.55. The van der Waals surface area contributed by atoms with E-state index in [9.17, 15) is 10.1 Å². The van der Waals surface area contributed by atoms with E-state index in [0.717, 1.165) is 17.4 Å². The van der Waals surface area contributed by atoms with E-state index in [0.29, 0.717) is 19.3 Å². The summed E-state index contributed by atoms with van der Waals surface area (Å²) in [6, 6.07) is 5.13. The fourth-order valence-corrected chi connectivity index (χ4v) is 2.63. The summed E-state index contributed by atoms with van der Waals surface area (Å²) in [5, 5.41) is 16.2. The van der Waals surface area contributed by atoms with Gasteiger partial charge in [0.25, 0.3) is 5.69 Å². The molecule has 3 rings (SSSR count). The molecule has 1 aliphatic rings. The van der Waals surface area contributed by atoms with Gasteiger partial charge in [-0.1, -0.05) is 0 Å². The summed E-state index contributed by atoms with van der Waals surface area (Å²) in [4.78, 5) is 12.8. The van der Waals surface area contributed by atoms with Crippen molar-refractivity contribution in [2.45, 2.75) is 32.7 Å². The van der Waals surface area contributed by atoms with Crippen LogP contribution in [0.3, 0.4) is 0 Å². The van der Waals surface area contributed by atoms with Gasteiger partial charge in [0.15, 0.2) is 0 Å². The summed E-state index contributed by atoms with van der Waals surface area (Å²) in [7, 11) is 0. The average molecular weight is 290 g/mol. The number of ether oxygens (including phenoxy) is 1. The third-order valence-corrected chi connectivity index (χ3v) is 3.89. The minimum Gasteiger partial charge on any atom is -0.376 e. The van der Waals surface area contributed by atoms with Crippen LogP contribution in [-0.4, -0.2) is 44.9 Å². The van der Waals surface area contributed by atoms with Crippen LogP contribution in [0.2, 0.25) is 0 Å². The Hall–Kier alpha value is -1.99. The molecule has 0 saturated carbocycles.